The lowest BCUT2D eigenvalue weighted by Crippen LogP contribution is -2.43. The Morgan fingerprint density at radius 2 is 1.83 bits per heavy atom. The number of nitrogens with zero attached hydrogens (tertiary/aromatic N) is 3. The fraction of sp³-hybridized carbons (Fsp3) is 0.421. The second-order valence-corrected chi connectivity index (χ2v) is 7.76. The molecule has 10 heteroatoms. The van der Waals surface area contributed by atoms with Crippen LogP contribution < -0.4 is 9.64 Å². The van der Waals surface area contributed by atoms with Gasteiger partial charge in [0.05, 0.1) is 5.70 Å². The van der Waals surface area contributed by atoms with Gasteiger partial charge in [0.25, 0.3) is 5.91 Å². The number of carbonyl (C=O) groups excluding carboxylic acids is 2. The molecule has 0 bridgehead atoms. The highest BCUT2D eigenvalue weighted by molar-refractivity contribution is 6.10. The molecule has 1 aromatic rings. The van der Waals surface area contributed by atoms with Crippen LogP contribution in [0.3, 0.4) is 0 Å². The van der Waals surface area contributed by atoms with Gasteiger partial charge < -0.3 is 4.74 Å². The van der Waals surface area contributed by atoms with Crippen molar-refractivity contribution in [1.82, 2.24) is 5.06 Å². The maximum absolute atomic E-state index is 12.6. The minimum Gasteiger partial charge on any atom is -0.406 e. The number of hydroxylamine groups is 2. The smallest absolute Gasteiger partial charge is 0.406 e. The predicted octanol–water partition coefficient (Wildman–Crippen LogP) is 3.64. The maximum Gasteiger partial charge on any atom is 0.573 e. The van der Waals surface area contributed by atoms with Gasteiger partial charge >= 0.3 is 6.36 Å². The number of allylic oxidation sites excluding steroid dienone is 1. The molecule has 7 nitrogen and oxygen atoms in total. The standard InChI is InChI=1S/C19H20F3N3O4/c1-18(2,3)14-10-15(25(14)28)23-17(27)13-8-9-16(26)24(13)11-4-6-12(7-5-11)29-19(20,21)22/h4-7,10,13,28H,8-9H2,1-3H3/t13-/m0/s1. The number of carbonyl (C=O) groups is 2. The van der Waals surface area contributed by atoms with E-state index in [1.165, 1.54) is 17.0 Å². The van der Waals surface area contributed by atoms with Crippen LogP contribution in [-0.4, -0.2) is 40.3 Å². The summed E-state index contributed by atoms with van der Waals surface area (Å²) < 4.78 is 40.7. The number of benzene rings is 1. The number of hydrogen-bond donors (Lipinski definition) is 1. The number of hydrogen-bond acceptors (Lipinski definition) is 4. The van der Waals surface area contributed by atoms with Gasteiger partial charge in [0.1, 0.15) is 11.8 Å². The zero-order chi connectivity index (χ0) is 21.6. The first-order chi connectivity index (χ1) is 13.4. The first kappa shape index (κ1) is 20.8. The fourth-order valence-electron chi connectivity index (χ4n) is 3.15. The van der Waals surface area contributed by atoms with Crippen molar-refractivity contribution in [3.63, 3.8) is 0 Å². The zero-order valence-electron chi connectivity index (χ0n) is 16.0. The van der Waals surface area contributed by atoms with E-state index in [0.717, 1.165) is 17.2 Å². The number of anilines is 1. The van der Waals surface area contributed by atoms with Crippen molar-refractivity contribution in [2.24, 2.45) is 10.4 Å². The Labute approximate surface area is 165 Å². The molecule has 0 aliphatic carbocycles. The largest absolute Gasteiger partial charge is 0.573 e. The molecular formula is C19H20F3N3O4. The normalized spacial score (nSPS) is 21.3. The summed E-state index contributed by atoms with van der Waals surface area (Å²) >= 11 is 0. The van der Waals surface area contributed by atoms with Crippen LogP contribution in [0.5, 0.6) is 5.75 Å². The number of rotatable bonds is 3. The summed E-state index contributed by atoms with van der Waals surface area (Å²) in [5.41, 5.74) is 0.538. The van der Waals surface area contributed by atoms with Crippen molar-refractivity contribution >= 4 is 23.3 Å². The molecule has 29 heavy (non-hydrogen) atoms. The molecule has 1 atom stereocenters. The quantitative estimate of drug-likeness (QED) is 0.821. The third-order valence-corrected chi connectivity index (χ3v) is 4.55. The summed E-state index contributed by atoms with van der Waals surface area (Å²) in [5, 5.41) is 10.9. The van der Waals surface area contributed by atoms with Gasteiger partial charge in [-0.2, -0.15) is 4.99 Å². The molecule has 0 radical (unpaired) electrons. The van der Waals surface area contributed by atoms with Gasteiger partial charge in [-0.15, -0.1) is 13.2 Å². The Bertz CT molecular complexity index is 885. The van der Waals surface area contributed by atoms with Gasteiger partial charge in [-0.1, -0.05) is 20.8 Å². The summed E-state index contributed by atoms with van der Waals surface area (Å²) in [5.74, 6) is -1.31. The van der Waals surface area contributed by atoms with E-state index in [2.05, 4.69) is 9.73 Å². The Morgan fingerprint density at radius 3 is 2.34 bits per heavy atom. The molecule has 0 saturated carbocycles. The van der Waals surface area contributed by atoms with E-state index in [0.29, 0.717) is 5.70 Å². The van der Waals surface area contributed by atoms with Crippen LogP contribution in [-0.2, 0) is 9.59 Å². The zero-order valence-corrected chi connectivity index (χ0v) is 16.0. The molecule has 2 heterocycles. The van der Waals surface area contributed by atoms with Crippen molar-refractivity contribution in [1.29, 1.82) is 0 Å². The summed E-state index contributed by atoms with van der Waals surface area (Å²) in [6.07, 6.45) is -2.91. The SMILES string of the molecule is CC(C)(C)C1=CC(=NC(=O)[C@@H]2CCC(=O)N2c2ccc(OC(F)(F)F)cc2)N1O. The lowest BCUT2D eigenvalue weighted by atomic mass is 9.88. The van der Waals surface area contributed by atoms with Gasteiger partial charge in [0.2, 0.25) is 5.91 Å². The number of amides is 2. The van der Waals surface area contributed by atoms with Crippen LogP contribution in [0.1, 0.15) is 33.6 Å². The van der Waals surface area contributed by atoms with Crippen LogP contribution in [0.15, 0.2) is 41.0 Å². The van der Waals surface area contributed by atoms with Gasteiger partial charge in [-0.05, 0) is 30.7 Å². The van der Waals surface area contributed by atoms with Crippen LogP contribution in [0.2, 0.25) is 0 Å². The van der Waals surface area contributed by atoms with E-state index < -0.39 is 24.1 Å². The molecule has 1 N–H and O–H groups in total. The van der Waals surface area contributed by atoms with E-state index in [1.54, 1.807) is 6.08 Å². The highest BCUT2D eigenvalue weighted by atomic mass is 19.4. The molecule has 3 rings (SSSR count). The summed E-state index contributed by atoms with van der Waals surface area (Å²) in [4.78, 5) is 30.0. The molecule has 1 fully saturated rings. The number of amidine groups is 1. The Kier molecular flexibility index (Phi) is 5.16. The molecule has 2 aliphatic heterocycles. The van der Waals surface area contributed by atoms with E-state index >= 15 is 0 Å². The number of halogens is 3. The molecule has 1 aromatic carbocycles. The minimum absolute atomic E-state index is 0.0770. The third-order valence-electron chi connectivity index (χ3n) is 4.55. The van der Waals surface area contributed by atoms with E-state index in [1.807, 2.05) is 20.8 Å². The second kappa shape index (κ2) is 7.18. The fourth-order valence-corrected chi connectivity index (χ4v) is 3.15. The average molecular weight is 411 g/mol. The topological polar surface area (TPSA) is 82.4 Å². The first-order valence-electron chi connectivity index (χ1n) is 8.88. The van der Waals surface area contributed by atoms with Crippen molar-refractivity contribution in [3.8, 4) is 5.75 Å². The van der Waals surface area contributed by atoms with Gasteiger partial charge in [0, 0.05) is 23.6 Å². The molecule has 156 valence electrons. The molecular weight excluding hydrogens is 391 g/mol. The predicted molar refractivity (Wildman–Crippen MR) is 97.2 cm³/mol. The Hall–Kier alpha value is -2.88. The van der Waals surface area contributed by atoms with Crippen LogP contribution in [0.25, 0.3) is 0 Å². The van der Waals surface area contributed by atoms with E-state index in [4.69, 9.17) is 0 Å². The van der Waals surface area contributed by atoms with Crippen LogP contribution in [0, 0.1) is 5.41 Å². The van der Waals surface area contributed by atoms with Gasteiger partial charge in [-0.25, -0.2) is 5.06 Å². The minimum atomic E-state index is -4.82. The van der Waals surface area contributed by atoms with Crippen LogP contribution in [0.4, 0.5) is 18.9 Å². The number of aliphatic imine (C=N–C) groups is 1. The summed E-state index contributed by atoms with van der Waals surface area (Å²) in [7, 11) is 0. The molecule has 1 saturated heterocycles. The summed E-state index contributed by atoms with van der Waals surface area (Å²) in [6, 6.07) is 3.79. The highest BCUT2D eigenvalue weighted by Crippen LogP contribution is 2.34. The van der Waals surface area contributed by atoms with E-state index in [-0.39, 0.29) is 35.7 Å². The highest BCUT2D eigenvalue weighted by Gasteiger charge is 2.39. The van der Waals surface area contributed by atoms with Crippen molar-refractivity contribution in [3.05, 3.63) is 36.0 Å². The average Bonchev–Trinajstić information content (AvgIpc) is 2.97. The summed E-state index contributed by atoms with van der Waals surface area (Å²) in [6.45, 7) is 5.68. The lowest BCUT2D eigenvalue weighted by Gasteiger charge is -2.36. The monoisotopic (exact) mass is 411 g/mol. The molecule has 2 aliphatic rings. The maximum atomic E-state index is 12.6. The number of alkyl halides is 3. The lowest BCUT2D eigenvalue weighted by molar-refractivity contribution is -0.274. The van der Waals surface area contributed by atoms with Crippen LogP contribution >= 0.6 is 0 Å². The van der Waals surface area contributed by atoms with Crippen molar-refractivity contribution in [2.45, 2.75) is 46.0 Å². The van der Waals surface area contributed by atoms with Gasteiger partial charge in [0.15, 0.2) is 5.84 Å². The molecule has 0 spiro atoms. The first-order valence-corrected chi connectivity index (χ1v) is 8.88. The van der Waals surface area contributed by atoms with E-state index in [9.17, 15) is 28.0 Å². The Morgan fingerprint density at radius 1 is 1.21 bits per heavy atom. The van der Waals surface area contributed by atoms with Crippen molar-refractivity contribution < 1.29 is 32.7 Å². The molecule has 0 aromatic heterocycles. The second-order valence-electron chi connectivity index (χ2n) is 7.76. The molecule has 2 amide bonds. The number of ether oxygens (including phenoxy) is 1. The molecule has 0 unspecified atom stereocenters. The van der Waals surface area contributed by atoms with Crippen molar-refractivity contribution in [2.75, 3.05) is 4.90 Å². The van der Waals surface area contributed by atoms with Gasteiger partial charge in [-0.3, -0.25) is 19.7 Å². The Balaban J connectivity index is 1.78. The third kappa shape index (κ3) is 4.42.